The largest absolute Gasteiger partial charge is 0.351 e. The van der Waals surface area contributed by atoms with E-state index >= 15 is 0 Å². The Labute approximate surface area is 98.1 Å². The van der Waals surface area contributed by atoms with E-state index in [4.69, 9.17) is 16.1 Å². The summed E-state index contributed by atoms with van der Waals surface area (Å²) in [5, 5.41) is 19.0. The summed E-state index contributed by atoms with van der Waals surface area (Å²) >= 11 is 0.652. The van der Waals surface area contributed by atoms with Crippen molar-refractivity contribution in [2.45, 2.75) is 0 Å². The van der Waals surface area contributed by atoms with Crippen LogP contribution in [-0.2, 0) is 0 Å². The first-order chi connectivity index (χ1) is 7.99. The van der Waals surface area contributed by atoms with Crippen molar-refractivity contribution in [3.63, 3.8) is 0 Å². The van der Waals surface area contributed by atoms with Gasteiger partial charge in [-0.2, -0.15) is 0 Å². The van der Waals surface area contributed by atoms with Gasteiger partial charge < -0.3 is 11.1 Å². The Hall–Kier alpha value is -2.17. The number of nitrogens with two attached hydrogens (primary N) is 1. The molecule has 0 saturated heterocycles. The van der Waals surface area contributed by atoms with Crippen LogP contribution >= 0.6 is 11.3 Å². The quantitative estimate of drug-likeness (QED) is 0.318. The fraction of sp³-hybridized carbons (Fsp3) is 0. The summed E-state index contributed by atoms with van der Waals surface area (Å²) in [7, 11) is 0. The molecule has 0 aliphatic rings. The molecule has 1 rings (SSSR count). The van der Waals surface area contributed by atoms with E-state index in [9.17, 15) is 14.4 Å². The zero-order valence-corrected chi connectivity index (χ0v) is 9.00. The summed E-state index contributed by atoms with van der Waals surface area (Å²) in [5.74, 6) is -1.78. The van der Waals surface area contributed by atoms with Gasteiger partial charge in [-0.15, -0.1) is 11.3 Å². The second-order valence-corrected chi connectivity index (χ2v) is 3.78. The van der Waals surface area contributed by atoms with Gasteiger partial charge in [-0.25, -0.2) is 15.8 Å². The Morgan fingerprint density at radius 3 is 2.24 bits per heavy atom. The number of rotatable bonds is 3. The summed E-state index contributed by atoms with van der Waals surface area (Å²) in [6, 6.07) is 0.191. The molecule has 0 radical (unpaired) electrons. The molecule has 4 amide bonds. The highest BCUT2D eigenvalue weighted by molar-refractivity contribution is 7.16. The first kappa shape index (κ1) is 12.9. The monoisotopic (exact) mass is 260 g/mol. The standard InChI is InChI=1S/C7H8N4O5S/c8-7(14)9-2-1-3(5(12)10-15)17-4(2)6(13)11-16/h1,15-16H,(H,10,12)(H,11,13)(H3,8,9,14). The van der Waals surface area contributed by atoms with Crippen LogP contribution in [0.25, 0.3) is 0 Å². The highest BCUT2D eigenvalue weighted by Gasteiger charge is 2.20. The van der Waals surface area contributed by atoms with Gasteiger partial charge in [0, 0.05) is 0 Å². The molecule has 10 heteroatoms. The van der Waals surface area contributed by atoms with Crippen LogP contribution in [0.1, 0.15) is 19.3 Å². The lowest BCUT2D eigenvalue weighted by Gasteiger charge is -2.00. The SMILES string of the molecule is NC(=O)Nc1cc(C(=O)NO)sc1C(=O)NO. The minimum absolute atomic E-state index is 0.0464. The van der Waals surface area contributed by atoms with Crippen molar-refractivity contribution in [2.75, 3.05) is 5.32 Å². The van der Waals surface area contributed by atoms with E-state index in [1.807, 2.05) is 0 Å². The van der Waals surface area contributed by atoms with Gasteiger partial charge in [-0.05, 0) is 6.07 Å². The second kappa shape index (κ2) is 5.25. The number of hydroxylamine groups is 2. The van der Waals surface area contributed by atoms with Crippen LogP contribution in [0.3, 0.4) is 0 Å². The maximum atomic E-state index is 11.2. The molecule has 7 N–H and O–H groups in total. The average Bonchev–Trinajstić information content (AvgIpc) is 2.70. The van der Waals surface area contributed by atoms with E-state index < -0.39 is 17.8 Å². The number of anilines is 1. The van der Waals surface area contributed by atoms with Crippen LogP contribution in [0.15, 0.2) is 6.07 Å². The van der Waals surface area contributed by atoms with Gasteiger partial charge in [0.25, 0.3) is 11.8 Å². The molecule has 0 saturated carbocycles. The van der Waals surface area contributed by atoms with E-state index in [1.165, 1.54) is 11.0 Å². The Balaban J connectivity index is 3.16. The summed E-state index contributed by atoms with van der Waals surface area (Å²) in [6.45, 7) is 0. The van der Waals surface area contributed by atoms with Gasteiger partial charge in [0.1, 0.15) is 4.88 Å². The third kappa shape index (κ3) is 2.90. The third-order valence-electron chi connectivity index (χ3n) is 1.62. The van der Waals surface area contributed by atoms with Gasteiger partial charge >= 0.3 is 6.03 Å². The first-order valence-corrected chi connectivity index (χ1v) is 4.90. The fourth-order valence-corrected chi connectivity index (χ4v) is 1.90. The van der Waals surface area contributed by atoms with Crippen molar-refractivity contribution in [2.24, 2.45) is 5.73 Å². The number of nitrogens with one attached hydrogen (secondary N) is 3. The lowest BCUT2D eigenvalue weighted by atomic mass is 10.3. The maximum Gasteiger partial charge on any atom is 0.316 e. The molecule has 0 atom stereocenters. The highest BCUT2D eigenvalue weighted by Crippen LogP contribution is 2.27. The number of thiophene rings is 1. The summed E-state index contributed by atoms with van der Waals surface area (Å²) in [6.07, 6.45) is 0. The Kier molecular flexibility index (Phi) is 3.98. The molecule has 9 nitrogen and oxygen atoms in total. The number of primary amides is 1. The predicted octanol–water partition coefficient (Wildman–Crippen LogP) is -0.523. The summed E-state index contributed by atoms with van der Waals surface area (Å²) < 4.78 is 0. The molecule has 0 aromatic carbocycles. The molecule has 1 heterocycles. The van der Waals surface area contributed by atoms with Crippen molar-refractivity contribution in [1.29, 1.82) is 0 Å². The molecular formula is C7H8N4O5S. The molecule has 1 aromatic heterocycles. The van der Waals surface area contributed by atoms with Gasteiger partial charge in [0.15, 0.2) is 0 Å². The van der Waals surface area contributed by atoms with Crippen molar-refractivity contribution in [3.05, 3.63) is 15.8 Å². The number of urea groups is 1. The minimum atomic E-state index is -0.939. The Morgan fingerprint density at radius 2 is 1.76 bits per heavy atom. The highest BCUT2D eigenvalue weighted by atomic mass is 32.1. The minimum Gasteiger partial charge on any atom is -0.351 e. The van der Waals surface area contributed by atoms with E-state index in [2.05, 4.69) is 5.32 Å². The van der Waals surface area contributed by atoms with E-state index in [0.29, 0.717) is 11.3 Å². The van der Waals surface area contributed by atoms with E-state index in [-0.39, 0.29) is 15.4 Å². The fourth-order valence-electron chi connectivity index (χ4n) is 1.00. The van der Waals surface area contributed by atoms with E-state index in [0.717, 1.165) is 6.07 Å². The number of amides is 4. The maximum absolute atomic E-state index is 11.2. The molecule has 92 valence electrons. The number of hydrogen-bond acceptors (Lipinski definition) is 6. The van der Waals surface area contributed by atoms with Gasteiger partial charge in [0.05, 0.1) is 10.6 Å². The van der Waals surface area contributed by atoms with Gasteiger partial charge in [-0.1, -0.05) is 0 Å². The molecule has 0 unspecified atom stereocenters. The van der Waals surface area contributed by atoms with Gasteiger partial charge in [-0.3, -0.25) is 20.0 Å². The first-order valence-electron chi connectivity index (χ1n) is 4.08. The molecule has 0 aliphatic carbocycles. The average molecular weight is 260 g/mol. The van der Waals surface area contributed by atoms with Crippen molar-refractivity contribution in [3.8, 4) is 0 Å². The number of carbonyl (C=O) groups is 3. The van der Waals surface area contributed by atoms with Crippen LogP contribution in [0, 0.1) is 0 Å². The lowest BCUT2D eigenvalue weighted by molar-refractivity contribution is 0.0709. The Bertz CT molecular complexity index is 471. The second-order valence-electron chi connectivity index (χ2n) is 2.72. The molecule has 0 fully saturated rings. The molecular weight excluding hydrogens is 252 g/mol. The van der Waals surface area contributed by atoms with Crippen LogP contribution in [0.5, 0.6) is 0 Å². The zero-order chi connectivity index (χ0) is 13.0. The smallest absolute Gasteiger partial charge is 0.316 e. The lowest BCUT2D eigenvalue weighted by Crippen LogP contribution is -2.23. The number of carbonyl (C=O) groups excluding carboxylic acids is 3. The van der Waals surface area contributed by atoms with Crippen molar-refractivity contribution in [1.82, 2.24) is 11.0 Å². The van der Waals surface area contributed by atoms with Crippen LogP contribution in [0.4, 0.5) is 10.5 Å². The van der Waals surface area contributed by atoms with Crippen LogP contribution in [-0.4, -0.2) is 28.3 Å². The predicted molar refractivity (Wildman–Crippen MR) is 56.0 cm³/mol. The zero-order valence-electron chi connectivity index (χ0n) is 8.18. The summed E-state index contributed by atoms with van der Waals surface area (Å²) in [5.41, 5.74) is 7.53. The topological polar surface area (TPSA) is 154 Å². The molecule has 0 aliphatic heterocycles. The van der Waals surface area contributed by atoms with Crippen LogP contribution in [0.2, 0.25) is 0 Å². The molecule has 1 aromatic rings. The van der Waals surface area contributed by atoms with Crippen molar-refractivity contribution < 1.29 is 24.8 Å². The van der Waals surface area contributed by atoms with E-state index in [1.54, 1.807) is 0 Å². The molecule has 17 heavy (non-hydrogen) atoms. The van der Waals surface area contributed by atoms with Crippen LogP contribution < -0.4 is 22.0 Å². The van der Waals surface area contributed by atoms with Gasteiger partial charge in [0.2, 0.25) is 0 Å². The molecule has 0 bridgehead atoms. The number of hydrogen-bond donors (Lipinski definition) is 6. The third-order valence-corrected chi connectivity index (χ3v) is 2.76. The Morgan fingerprint density at radius 1 is 1.18 bits per heavy atom. The normalized spacial score (nSPS) is 9.53. The summed E-state index contributed by atoms with van der Waals surface area (Å²) in [4.78, 5) is 32.8. The molecule has 0 spiro atoms. The van der Waals surface area contributed by atoms with Crippen molar-refractivity contribution >= 4 is 34.9 Å².